The van der Waals surface area contributed by atoms with Gasteiger partial charge in [0.25, 0.3) is 0 Å². The predicted octanol–water partition coefficient (Wildman–Crippen LogP) is 9.14. The lowest BCUT2D eigenvalue weighted by atomic mass is 9.83. The second-order valence-electron chi connectivity index (χ2n) is 10.5. The molecule has 0 N–H and O–H groups in total. The summed E-state index contributed by atoms with van der Waals surface area (Å²) in [5, 5.41) is 3.70. The van der Waals surface area contributed by atoms with Crippen LogP contribution in [0.4, 0.5) is 0 Å². The van der Waals surface area contributed by atoms with Crippen LogP contribution in [-0.4, -0.2) is 9.97 Å². The summed E-state index contributed by atoms with van der Waals surface area (Å²) in [5.41, 5.74) is 10.4. The Morgan fingerprint density at radius 1 is 0.784 bits per heavy atom. The zero-order valence-corrected chi connectivity index (χ0v) is 22.0. The van der Waals surface area contributed by atoms with Crippen molar-refractivity contribution in [3.63, 3.8) is 0 Å². The van der Waals surface area contributed by atoms with Crippen LogP contribution < -0.4 is 0 Å². The molecule has 180 valence electrons. The van der Waals surface area contributed by atoms with Crippen molar-refractivity contribution < 1.29 is 0 Å². The molecule has 2 aromatic heterocycles. The lowest BCUT2D eigenvalue weighted by molar-refractivity contribution is 0.642. The van der Waals surface area contributed by atoms with Crippen LogP contribution in [0.2, 0.25) is 0 Å². The molecule has 0 spiro atoms. The average molecular weight is 497 g/mol. The monoisotopic (exact) mass is 496 g/mol. The Bertz CT molecular complexity index is 1780. The average Bonchev–Trinajstić information content (AvgIpc) is 3.32. The van der Waals surface area contributed by atoms with Gasteiger partial charge in [0.05, 0.1) is 5.69 Å². The molecule has 0 saturated carbocycles. The lowest BCUT2D eigenvalue weighted by Gasteiger charge is -2.21. The number of aromatic nitrogens is 2. The minimum Gasteiger partial charge on any atom is -0.236 e. The topological polar surface area (TPSA) is 25.8 Å². The van der Waals surface area contributed by atoms with E-state index in [-0.39, 0.29) is 0 Å². The molecule has 0 bridgehead atoms. The summed E-state index contributed by atoms with van der Waals surface area (Å²) < 4.78 is 0. The van der Waals surface area contributed by atoms with Gasteiger partial charge in [0, 0.05) is 21.4 Å². The number of aryl methyl sites for hydroxylation is 1. The molecule has 1 aliphatic carbocycles. The number of hydrogen-bond donors (Lipinski definition) is 0. The fourth-order valence-corrected chi connectivity index (χ4v) is 7.15. The third-order valence-electron chi connectivity index (χ3n) is 7.55. The smallest absolute Gasteiger partial charge is 0.128 e. The number of thiophene rings is 1. The minimum absolute atomic E-state index is 0.639. The van der Waals surface area contributed by atoms with Crippen molar-refractivity contribution in [2.24, 2.45) is 5.92 Å². The third-order valence-corrected chi connectivity index (χ3v) is 8.71. The van der Waals surface area contributed by atoms with Crippen molar-refractivity contribution in [2.45, 2.75) is 33.1 Å². The normalized spacial score (nSPS) is 12.7. The van der Waals surface area contributed by atoms with Crippen molar-refractivity contribution >= 4 is 32.3 Å². The quantitative estimate of drug-likeness (QED) is 0.243. The summed E-state index contributed by atoms with van der Waals surface area (Å²) >= 11 is 1.84. The molecular formula is C34H28N2S. The van der Waals surface area contributed by atoms with Crippen LogP contribution in [0.1, 0.15) is 29.9 Å². The van der Waals surface area contributed by atoms with E-state index < -0.39 is 0 Å². The molecule has 0 amide bonds. The maximum atomic E-state index is 4.94. The van der Waals surface area contributed by atoms with E-state index in [1.165, 1.54) is 54.4 Å². The van der Waals surface area contributed by atoms with E-state index in [1.54, 1.807) is 6.33 Å². The molecule has 7 rings (SSSR count). The van der Waals surface area contributed by atoms with Gasteiger partial charge in [-0.1, -0.05) is 86.6 Å². The fourth-order valence-electron chi connectivity index (χ4n) is 6.00. The standard InChI is InChI=1S/C34H28N2S/c1-21(2)17-23-12-8-14-28-27(23)15-16-30-31(28)32-33(35-20-36-34(32)37-30)25-18-24-11-6-7-13-26(24)29(19-25)22-9-4-3-5-10-22/h3-14,18-21H,15-17H2,1-2H3. The third kappa shape index (κ3) is 3.77. The Morgan fingerprint density at radius 2 is 1.62 bits per heavy atom. The van der Waals surface area contributed by atoms with Crippen LogP contribution in [0.3, 0.4) is 0 Å². The number of fused-ring (bicyclic) bond motifs is 6. The van der Waals surface area contributed by atoms with Crippen LogP contribution in [0, 0.1) is 5.92 Å². The molecule has 3 heteroatoms. The van der Waals surface area contributed by atoms with Crippen molar-refractivity contribution in [2.75, 3.05) is 0 Å². The molecule has 4 aromatic carbocycles. The largest absolute Gasteiger partial charge is 0.236 e. The van der Waals surface area contributed by atoms with Crippen molar-refractivity contribution in [3.8, 4) is 33.5 Å². The first-order valence-electron chi connectivity index (χ1n) is 13.1. The number of hydrogen-bond acceptors (Lipinski definition) is 3. The molecule has 2 heterocycles. The molecule has 1 aliphatic rings. The first kappa shape index (κ1) is 22.4. The highest BCUT2D eigenvalue weighted by Gasteiger charge is 2.26. The van der Waals surface area contributed by atoms with Gasteiger partial charge in [0.15, 0.2) is 0 Å². The van der Waals surface area contributed by atoms with Crippen molar-refractivity contribution in [1.29, 1.82) is 0 Å². The molecule has 0 fully saturated rings. The molecule has 37 heavy (non-hydrogen) atoms. The highest BCUT2D eigenvalue weighted by molar-refractivity contribution is 7.19. The molecule has 0 atom stereocenters. The zero-order chi connectivity index (χ0) is 24.9. The number of benzene rings is 4. The van der Waals surface area contributed by atoms with E-state index >= 15 is 0 Å². The fraction of sp³-hybridized carbons (Fsp3) is 0.176. The second-order valence-corrected chi connectivity index (χ2v) is 11.5. The van der Waals surface area contributed by atoms with Crippen LogP contribution >= 0.6 is 11.3 Å². The Morgan fingerprint density at radius 3 is 2.49 bits per heavy atom. The van der Waals surface area contributed by atoms with Gasteiger partial charge in [0.1, 0.15) is 11.2 Å². The summed E-state index contributed by atoms with van der Waals surface area (Å²) in [4.78, 5) is 12.2. The first-order chi connectivity index (χ1) is 18.2. The summed E-state index contributed by atoms with van der Waals surface area (Å²) in [6.45, 7) is 4.62. The van der Waals surface area contributed by atoms with Crippen LogP contribution in [0.15, 0.2) is 91.3 Å². The van der Waals surface area contributed by atoms with E-state index in [2.05, 4.69) is 98.8 Å². The first-order valence-corrected chi connectivity index (χ1v) is 13.9. The van der Waals surface area contributed by atoms with Gasteiger partial charge in [0.2, 0.25) is 0 Å². The van der Waals surface area contributed by atoms with Gasteiger partial charge >= 0.3 is 0 Å². The highest BCUT2D eigenvalue weighted by Crippen LogP contribution is 2.47. The van der Waals surface area contributed by atoms with E-state index in [0.717, 1.165) is 35.4 Å². The van der Waals surface area contributed by atoms with Gasteiger partial charge in [-0.3, -0.25) is 0 Å². The minimum atomic E-state index is 0.639. The van der Waals surface area contributed by atoms with E-state index in [4.69, 9.17) is 9.97 Å². The Kier molecular flexibility index (Phi) is 5.40. The van der Waals surface area contributed by atoms with Crippen LogP contribution in [0.25, 0.3) is 54.5 Å². The summed E-state index contributed by atoms with van der Waals surface area (Å²) in [6, 6.07) is 30.9. The summed E-state index contributed by atoms with van der Waals surface area (Å²) in [5.74, 6) is 0.639. The molecule has 0 unspecified atom stereocenters. The Balaban J connectivity index is 1.50. The van der Waals surface area contributed by atoms with Gasteiger partial charge in [-0.25, -0.2) is 9.97 Å². The van der Waals surface area contributed by atoms with Gasteiger partial charge in [-0.05, 0) is 75.9 Å². The zero-order valence-electron chi connectivity index (χ0n) is 21.2. The van der Waals surface area contributed by atoms with E-state index in [9.17, 15) is 0 Å². The van der Waals surface area contributed by atoms with Gasteiger partial charge in [-0.2, -0.15) is 0 Å². The summed E-state index contributed by atoms with van der Waals surface area (Å²) in [7, 11) is 0. The highest BCUT2D eigenvalue weighted by atomic mass is 32.1. The number of nitrogens with zero attached hydrogens (tertiary/aromatic N) is 2. The maximum absolute atomic E-state index is 4.94. The summed E-state index contributed by atoms with van der Waals surface area (Å²) in [6.07, 6.45) is 5.04. The van der Waals surface area contributed by atoms with Crippen molar-refractivity contribution in [1.82, 2.24) is 9.97 Å². The molecule has 0 aliphatic heterocycles. The molecule has 6 aromatic rings. The van der Waals surface area contributed by atoms with E-state index in [0.29, 0.717) is 5.92 Å². The van der Waals surface area contributed by atoms with E-state index in [1.807, 2.05) is 11.3 Å². The molecule has 0 radical (unpaired) electrons. The second kappa shape index (κ2) is 8.93. The molecule has 0 saturated heterocycles. The predicted molar refractivity (Wildman–Crippen MR) is 157 cm³/mol. The number of rotatable bonds is 4. The molecule has 2 nitrogen and oxygen atoms in total. The van der Waals surface area contributed by atoms with Crippen LogP contribution in [-0.2, 0) is 19.3 Å². The SMILES string of the molecule is CC(C)Cc1cccc2c1CCc1sc3ncnc(-c4cc(-c5ccccc5)c5ccccc5c4)c3c1-2. The maximum Gasteiger partial charge on any atom is 0.128 e. The van der Waals surface area contributed by atoms with Crippen molar-refractivity contribution in [3.05, 3.63) is 107 Å². The molecular weight excluding hydrogens is 468 g/mol. The Labute approximate surface area is 221 Å². The lowest BCUT2D eigenvalue weighted by Crippen LogP contribution is -2.07. The Hall–Kier alpha value is -3.82. The van der Waals surface area contributed by atoms with Gasteiger partial charge < -0.3 is 0 Å². The van der Waals surface area contributed by atoms with Gasteiger partial charge in [-0.15, -0.1) is 11.3 Å². The van der Waals surface area contributed by atoms with Crippen LogP contribution in [0.5, 0.6) is 0 Å².